The van der Waals surface area contributed by atoms with Gasteiger partial charge in [0.1, 0.15) is 11.2 Å². The van der Waals surface area contributed by atoms with Crippen LogP contribution in [0.4, 0.5) is 0 Å². The number of rotatable bonds is 1. The average molecular weight is 321 g/mol. The summed E-state index contributed by atoms with van der Waals surface area (Å²) < 4.78 is 1.80. The van der Waals surface area contributed by atoms with Crippen LogP contribution in [0.2, 0.25) is 0 Å². The van der Waals surface area contributed by atoms with Crippen molar-refractivity contribution in [3.05, 3.63) is 41.3 Å². The van der Waals surface area contributed by atoms with Crippen LogP contribution < -0.4 is 0 Å². The zero-order chi connectivity index (χ0) is 15.4. The van der Waals surface area contributed by atoms with Gasteiger partial charge < -0.3 is 0 Å². The van der Waals surface area contributed by atoms with Gasteiger partial charge in [0.2, 0.25) is 0 Å². The zero-order valence-electron chi connectivity index (χ0n) is 12.7. The third kappa shape index (κ3) is 1.98. The number of hydrogen-bond donors (Lipinski definition) is 0. The fourth-order valence-electron chi connectivity index (χ4n) is 3.36. The first-order chi connectivity index (χ1) is 11.3. The Morgan fingerprint density at radius 2 is 2.30 bits per heavy atom. The van der Waals surface area contributed by atoms with Crippen molar-refractivity contribution in [1.29, 1.82) is 0 Å². The van der Waals surface area contributed by atoms with Crippen molar-refractivity contribution in [2.24, 2.45) is 5.92 Å². The summed E-state index contributed by atoms with van der Waals surface area (Å²) in [6, 6.07) is 3.89. The molecule has 0 radical (unpaired) electrons. The van der Waals surface area contributed by atoms with Gasteiger partial charge in [-0.2, -0.15) is 0 Å². The van der Waals surface area contributed by atoms with Crippen molar-refractivity contribution in [1.82, 2.24) is 24.6 Å². The maximum absolute atomic E-state index is 4.79. The van der Waals surface area contributed by atoms with E-state index in [1.165, 1.54) is 22.2 Å². The number of thiophene rings is 1. The maximum atomic E-state index is 4.79. The number of nitrogens with zero attached hydrogens (tertiary/aromatic N) is 5. The second-order valence-electron chi connectivity index (χ2n) is 6.22. The maximum Gasteiger partial charge on any atom is 0.183 e. The van der Waals surface area contributed by atoms with E-state index in [-0.39, 0.29) is 0 Å². The van der Waals surface area contributed by atoms with Gasteiger partial charge >= 0.3 is 0 Å². The largest absolute Gasteiger partial charge is 0.264 e. The van der Waals surface area contributed by atoms with Gasteiger partial charge in [0.25, 0.3) is 0 Å². The van der Waals surface area contributed by atoms with E-state index < -0.39 is 0 Å². The van der Waals surface area contributed by atoms with Crippen molar-refractivity contribution in [2.45, 2.75) is 26.2 Å². The summed E-state index contributed by atoms with van der Waals surface area (Å²) >= 11 is 1.82. The summed E-state index contributed by atoms with van der Waals surface area (Å²) in [7, 11) is 0. The molecule has 0 bridgehead atoms. The van der Waals surface area contributed by atoms with Crippen LogP contribution in [0.25, 0.3) is 27.3 Å². The highest BCUT2D eigenvalue weighted by atomic mass is 32.1. The van der Waals surface area contributed by atoms with E-state index in [9.17, 15) is 0 Å². The van der Waals surface area contributed by atoms with Crippen LogP contribution in [0.5, 0.6) is 0 Å². The molecular weight excluding hydrogens is 306 g/mol. The van der Waals surface area contributed by atoms with Crippen LogP contribution in [-0.2, 0) is 12.8 Å². The minimum Gasteiger partial charge on any atom is -0.264 e. The van der Waals surface area contributed by atoms with Crippen LogP contribution in [0.1, 0.15) is 23.8 Å². The minimum atomic E-state index is 0.705. The first-order valence-corrected chi connectivity index (χ1v) is 8.67. The smallest absolute Gasteiger partial charge is 0.183 e. The standard InChI is InChI=1S/C17H15N5S/c1-10-4-5-12-13(7-10)23-17-14(12)16-20-15(21-22(16)9-19-17)11-3-2-6-18-8-11/h2-3,6,8-10H,4-5,7H2,1H3/t10-/m1/s1. The lowest BCUT2D eigenvalue weighted by Gasteiger charge is -2.17. The fraction of sp³-hybridized carbons (Fsp3) is 0.294. The first kappa shape index (κ1) is 13.1. The molecule has 0 N–H and O–H groups in total. The van der Waals surface area contributed by atoms with Crippen molar-refractivity contribution >= 4 is 27.2 Å². The van der Waals surface area contributed by atoms with Gasteiger partial charge in [0, 0.05) is 22.8 Å². The second kappa shape index (κ2) is 4.83. The van der Waals surface area contributed by atoms with Gasteiger partial charge in [0.05, 0.1) is 5.39 Å². The predicted octanol–water partition coefficient (Wildman–Crippen LogP) is 3.53. The highest BCUT2D eigenvalue weighted by Gasteiger charge is 2.23. The summed E-state index contributed by atoms with van der Waals surface area (Å²) in [6.07, 6.45) is 8.85. The molecule has 4 aromatic heterocycles. The molecule has 4 aromatic rings. The van der Waals surface area contributed by atoms with Gasteiger partial charge in [-0.3, -0.25) is 4.98 Å². The van der Waals surface area contributed by atoms with E-state index in [0.717, 1.165) is 34.8 Å². The van der Waals surface area contributed by atoms with Crippen molar-refractivity contribution < 1.29 is 0 Å². The highest BCUT2D eigenvalue weighted by molar-refractivity contribution is 7.19. The van der Waals surface area contributed by atoms with E-state index in [2.05, 4.69) is 22.0 Å². The van der Waals surface area contributed by atoms with Gasteiger partial charge in [-0.05, 0) is 42.9 Å². The van der Waals surface area contributed by atoms with Gasteiger partial charge in [-0.1, -0.05) is 6.92 Å². The molecular formula is C17H15N5S. The SMILES string of the molecule is C[C@@H]1CCc2c(sc3ncn4nc(-c5cccnc5)nc4c23)C1. The fourth-order valence-corrected chi connectivity index (χ4v) is 4.70. The Kier molecular flexibility index (Phi) is 2.76. The lowest BCUT2D eigenvalue weighted by Crippen LogP contribution is -2.08. The Hall–Kier alpha value is -2.34. The van der Waals surface area contributed by atoms with E-state index in [1.54, 1.807) is 23.2 Å². The molecule has 23 heavy (non-hydrogen) atoms. The number of aryl methyl sites for hydroxylation is 1. The van der Waals surface area contributed by atoms with Crippen molar-refractivity contribution in [3.8, 4) is 11.4 Å². The number of pyridine rings is 1. The van der Waals surface area contributed by atoms with E-state index in [1.807, 2.05) is 23.5 Å². The molecule has 0 amide bonds. The van der Waals surface area contributed by atoms with Gasteiger partial charge in [-0.15, -0.1) is 16.4 Å². The average Bonchev–Trinajstić information content (AvgIpc) is 3.15. The summed E-state index contributed by atoms with van der Waals surface area (Å²) in [6.45, 7) is 2.33. The molecule has 0 aromatic carbocycles. The minimum absolute atomic E-state index is 0.705. The molecule has 4 heterocycles. The Balaban J connectivity index is 1.78. The third-order valence-corrected chi connectivity index (χ3v) is 5.71. The topological polar surface area (TPSA) is 56.0 Å². The normalized spacial score (nSPS) is 17.7. The number of fused-ring (bicyclic) bond motifs is 5. The first-order valence-electron chi connectivity index (χ1n) is 7.85. The summed E-state index contributed by atoms with van der Waals surface area (Å²) in [5.74, 6) is 1.46. The van der Waals surface area contributed by atoms with Crippen LogP contribution in [0.15, 0.2) is 30.9 Å². The molecule has 1 atom stereocenters. The molecule has 0 aliphatic heterocycles. The van der Waals surface area contributed by atoms with E-state index in [0.29, 0.717) is 5.82 Å². The molecule has 5 nitrogen and oxygen atoms in total. The Labute approximate surface area is 137 Å². The molecule has 0 saturated heterocycles. The Bertz CT molecular complexity index is 1020. The molecule has 1 aliphatic rings. The van der Waals surface area contributed by atoms with Crippen LogP contribution >= 0.6 is 11.3 Å². The van der Waals surface area contributed by atoms with Gasteiger partial charge in [-0.25, -0.2) is 14.5 Å². The van der Waals surface area contributed by atoms with Crippen LogP contribution in [0.3, 0.4) is 0 Å². The zero-order valence-corrected chi connectivity index (χ0v) is 13.5. The molecule has 0 fully saturated rings. The van der Waals surface area contributed by atoms with Crippen molar-refractivity contribution in [2.75, 3.05) is 0 Å². The summed E-state index contributed by atoms with van der Waals surface area (Å²) in [5.41, 5.74) is 3.29. The monoisotopic (exact) mass is 321 g/mol. The molecule has 0 saturated carbocycles. The van der Waals surface area contributed by atoms with Crippen molar-refractivity contribution in [3.63, 3.8) is 0 Å². The van der Waals surface area contributed by atoms with Crippen LogP contribution in [0, 0.1) is 5.92 Å². The quantitative estimate of drug-likeness (QED) is 0.538. The van der Waals surface area contributed by atoms with E-state index >= 15 is 0 Å². The second-order valence-corrected chi connectivity index (χ2v) is 7.31. The molecule has 1 aliphatic carbocycles. The lowest BCUT2D eigenvalue weighted by atomic mass is 9.89. The van der Waals surface area contributed by atoms with Gasteiger partial charge in [0.15, 0.2) is 11.5 Å². The number of aromatic nitrogens is 5. The molecule has 6 heteroatoms. The van der Waals surface area contributed by atoms with E-state index in [4.69, 9.17) is 4.98 Å². The summed E-state index contributed by atoms with van der Waals surface area (Å²) in [5, 5.41) is 5.78. The summed E-state index contributed by atoms with van der Waals surface area (Å²) in [4.78, 5) is 16.1. The third-order valence-electron chi connectivity index (χ3n) is 4.55. The molecule has 0 spiro atoms. The Morgan fingerprint density at radius 3 is 3.17 bits per heavy atom. The highest BCUT2D eigenvalue weighted by Crippen LogP contribution is 2.38. The molecule has 0 unspecified atom stereocenters. The van der Waals surface area contributed by atoms with Crippen LogP contribution in [-0.4, -0.2) is 24.6 Å². The molecule has 114 valence electrons. The number of hydrogen-bond acceptors (Lipinski definition) is 5. The molecule has 5 rings (SSSR count). The Morgan fingerprint density at radius 1 is 1.35 bits per heavy atom. The lowest BCUT2D eigenvalue weighted by molar-refractivity contribution is 0.509. The predicted molar refractivity (Wildman–Crippen MR) is 90.6 cm³/mol.